The molecule has 1 N–H and O–H groups in total. The van der Waals surface area contributed by atoms with Crippen LogP contribution in [0.3, 0.4) is 0 Å². The van der Waals surface area contributed by atoms with Gasteiger partial charge in [0.2, 0.25) is 0 Å². The summed E-state index contributed by atoms with van der Waals surface area (Å²) in [7, 11) is 0. The van der Waals surface area contributed by atoms with Gasteiger partial charge in [-0.15, -0.1) is 0 Å². The van der Waals surface area contributed by atoms with Crippen LogP contribution >= 0.6 is 11.6 Å². The number of benzene rings is 1. The van der Waals surface area contributed by atoms with Crippen molar-refractivity contribution in [2.24, 2.45) is 5.92 Å². The van der Waals surface area contributed by atoms with Crippen molar-refractivity contribution in [3.8, 4) is 5.75 Å². The molecular formula is C16H24ClNO2. The highest BCUT2D eigenvalue weighted by Gasteiger charge is 2.27. The average Bonchev–Trinajstić information content (AvgIpc) is 2.93. The van der Waals surface area contributed by atoms with E-state index in [0.29, 0.717) is 12.5 Å². The Morgan fingerprint density at radius 2 is 2.20 bits per heavy atom. The van der Waals surface area contributed by atoms with E-state index >= 15 is 0 Å². The van der Waals surface area contributed by atoms with E-state index in [4.69, 9.17) is 21.1 Å². The van der Waals surface area contributed by atoms with Crippen molar-refractivity contribution in [2.45, 2.75) is 39.4 Å². The Bertz CT molecular complexity index is 430. The van der Waals surface area contributed by atoms with Gasteiger partial charge in [-0.05, 0) is 45.9 Å². The topological polar surface area (TPSA) is 30.5 Å². The van der Waals surface area contributed by atoms with Crippen LogP contribution in [-0.2, 0) is 4.74 Å². The van der Waals surface area contributed by atoms with Gasteiger partial charge in [0, 0.05) is 23.0 Å². The second-order valence-electron chi connectivity index (χ2n) is 5.65. The van der Waals surface area contributed by atoms with Gasteiger partial charge >= 0.3 is 0 Å². The molecule has 1 aliphatic rings. The molecule has 1 unspecified atom stereocenters. The number of nitrogens with one attached hydrogen (secondary N) is 1. The molecule has 0 amide bonds. The zero-order valence-corrected chi connectivity index (χ0v) is 13.2. The molecule has 20 heavy (non-hydrogen) atoms. The van der Waals surface area contributed by atoms with Gasteiger partial charge < -0.3 is 14.8 Å². The van der Waals surface area contributed by atoms with Gasteiger partial charge in [0.05, 0.1) is 12.7 Å². The van der Waals surface area contributed by atoms with E-state index in [2.05, 4.69) is 19.2 Å². The maximum atomic E-state index is 6.21. The zero-order valence-electron chi connectivity index (χ0n) is 12.5. The molecule has 4 heteroatoms. The van der Waals surface area contributed by atoms with Crippen LogP contribution in [0.25, 0.3) is 0 Å². The van der Waals surface area contributed by atoms with Crippen molar-refractivity contribution in [3.05, 3.63) is 28.8 Å². The highest BCUT2D eigenvalue weighted by Crippen LogP contribution is 2.28. The van der Waals surface area contributed by atoms with Gasteiger partial charge in [0.25, 0.3) is 0 Å². The van der Waals surface area contributed by atoms with Crippen molar-refractivity contribution in [3.63, 3.8) is 0 Å². The standard InChI is InChI=1S/C16H24ClNO2/c1-11(2)19-10-16(13-7-8-18-9-13)20-15-6-4-5-14(17)12(15)3/h4-6,11,13,16,18H,7-10H2,1-3H3/t13?,16-/m1/s1. The quantitative estimate of drug-likeness (QED) is 0.872. The van der Waals surface area contributed by atoms with Crippen molar-refractivity contribution in [1.29, 1.82) is 0 Å². The number of ether oxygens (including phenoxy) is 2. The molecule has 3 nitrogen and oxygen atoms in total. The molecule has 2 rings (SSSR count). The Kier molecular flexibility index (Phi) is 5.70. The molecule has 1 heterocycles. The maximum Gasteiger partial charge on any atom is 0.126 e. The van der Waals surface area contributed by atoms with Crippen molar-refractivity contribution >= 4 is 11.6 Å². The van der Waals surface area contributed by atoms with E-state index in [1.807, 2.05) is 25.1 Å². The minimum absolute atomic E-state index is 0.0737. The Morgan fingerprint density at radius 1 is 1.40 bits per heavy atom. The summed E-state index contributed by atoms with van der Waals surface area (Å²) in [4.78, 5) is 0. The molecule has 0 radical (unpaired) electrons. The molecule has 1 fully saturated rings. The van der Waals surface area contributed by atoms with Crippen LogP contribution in [0.1, 0.15) is 25.8 Å². The molecule has 1 saturated heterocycles. The van der Waals surface area contributed by atoms with Crippen LogP contribution in [0, 0.1) is 12.8 Å². The molecule has 1 aromatic rings. The Morgan fingerprint density at radius 3 is 2.85 bits per heavy atom. The molecule has 1 aliphatic heterocycles. The summed E-state index contributed by atoms with van der Waals surface area (Å²) in [6.45, 7) is 8.76. The van der Waals surface area contributed by atoms with E-state index in [-0.39, 0.29) is 12.2 Å². The van der Waals surface area contributed by atoms with Crippen LogP contribution in [0.4, 0.5) is 0 Å². The van der Waals surface area contributed by atoms with Crippen molar-refractivity contribution < 1.29 is 9.47 Å². The minimum atomic E-state index is 0.0737. The van der Waals surface area contributed by atoms with Gasteiger partial charge in [0.15, 0.2) is 0 Å². The Hall–Kier alpha value is -0.770. The smallest absolute Gasteiger partial charge is 0.126 e. The molecule has 0 aromatic heterocycles. The SMILES string of the molecule is Cc1c(Cl)cccc1O[C@H](COC(C)C)C1CCNC1. The number of hydrogen-bond donors (Lipinski definition) is 1. The van der Waals surface area contributed by atoms with E-state index in [1.165, 1.54) is 0 Å². The second-order valence-corrected chi connectivity index (χ2v) is 6.06. The van der Waals surface area contributed by atoms with Crippen molar-refractivity contribution in [1.82, 2.24) is 5.32 Å². The van der Waals surface area contributed by atoms with Crippen LogP contribution in [0.5, 0.6) is 5.75 Å². The van der Waals surface area contributed by atoms with Crippen LogP contribution in [0.2, 0.25) is 5.02 Å². The van der Waals surface area contributed by atoms with E-state index in [1.54, 1.807) is 0 Å². The molecule has 0 aliphatic carbocycles. The largest absolute Gasteiger partial charge is 0.487 e. The predicted octanol–water partition coefficient (Wildman–Crippen LogP) is 3.43. The summed E-state index contributed by atoms with van der Waals surface area (Å²) in [5, 5.41) is 4.14. The zero-order chi connectivity index (χ0) is 14.5. The number of hydrogen-bond acceptors (Lipinski definition) is 3. The Labute approximate surface area is 126 Å². The third kappa shape index (κ3) is 4.11. The summed E-state index contributed by atoms with van der Waals surface area (Å²) in [6.07, 6.45) is 1.42. The summed E-state index contributed by atoms with van der Waals surface area (Å²) in [5.41, 5.74) is 0.995. The maximum absolute atomic E-state index is 6.21. The highest BCUT2D eigenvalue weighted by molar-refractivity contribution is 6.31. The monoisotopic (exact) mass is 297 g/mol. The lowest BCUT2D eigenvalue weighted by Crippen LogP contribution is -2.34. The third-order valence-electron chi connectivity index (χ3n) is 3.71. The molecule has 112 valence electrons. The summed E-state index contributed by atoms with van der Waals surface area (Å²) in [6, 6.07) is 5.80. The average molecular weight is 298 g/mol. The lowest BCUT2D eigenvalue weighted by atomic mass is 10.0. The lowest BCUT2D eigenvalue weighted by molar-refractivity contribution is -0.00390. The first-order chi connectivity index (χ1) is 9.58. The fourth-order valence-electron chi connectivity index (χ4n) is 2.43. The fraction of sp³-hybridized carbons (Fsp3) is 0.625. The van der Waals surface area contributed by atoms with Gasteiger partial charge in [-0.3, -0.25) is 0 Å². The first-order valence-corrected chi connectivity index (χ1v) is 7.70. The molecule has 1 aromatic carbocycles. The molecular weight excluding hydrogens is 274 g/mol. The van der Waals surface area contributed by atoms with Gasteiger partial charge in [0.1, 0.15) is 11.9 Å². The second kappa shape index (κ2) is 7.30. The normalized spacial score (nSPS) is 20.4. The fourth-order valence-corrected chi connectivity index (χ4v) is 2.59. The molecule has 0 bridgehead atoms. The number of halogens is 1. The van der Waals surface area contributed by atoms with Crippen molar-refractivity contribution in [2.75, 3.05) is 19.7 Å². The van der Waals surface area contributed by atoms with E-state index in [0.717, 1.165) is 35.8 Å². The third-order valence-corrected chi connectivity index (χ3v) is 4.12. The summed E-state index contributed by atoms with van der Waals surface area (Å²) < 4.78 is 12.0. The van der Waals surface area contributed by atoms with Gasteiger partial charge in [-0.25, -0.2) is 0 Å². The lowest BCUT2D eigenvalue weighted by Gasteiger charge is -2.26. The summed E-state index contributed by atoms with van der Waals surface area (Å²) >= 11 is 6.16. The van der Waals surface area contributed by atoms with Crippen LogP contribution in [-0.4, -0.2) is 31.9 Å². The first-order valence-electron chi connectivity index (χ1n) is 7.32. The van der Waals surface area contributed by atoms with E-state index < -0.39 is 0 Å². The van der Waals surface area contributed by atoms with E-state index in [9.17, 15) is 0 Å². The number of rotatable bonds is 6. The minimum Gasteiger partial charge on any atom is -0.487 e. The van der Waals surface area contributed by atoms with Crippen LogP contribution < -0.4 is 10.1 Å². The first kappa shape index (κ1) is 15.6. The van der Waals surface area contributed by atoms with Gasteiger partial charge in [-0.2, -0.15) is 0 Å². The predicted molar refractivity (Wildman–Crippen MR) is 82.7 cm³/mol. The summed E-state index contributed by atoms with van der Waals surface area (Å²) in [5.74, 6) is 1.36. The Balaban J connectivity index is 2.07. The van der Waals surface area contributed by atoms with Crippen LogP contribution in [0.15, 0.2) is 18.2 Å². The van der Waals surface area contributed by atoms with Gasteiger partial charge in [-0.1, -0.05) is 17.7 Å². The molecule has 2 atom stereocenters. The molecule has 0 spiro atoms. The molecule has 0 saturated carbocycles. The highest BCUT2D eigenvalue weighted by atomic mass is 35.5.